The molecule has 0 radical (unpaired) electrons. The van der Waals surface area contributed by atoms with Crippen molar-refractivity contribution in [2.75, 3.05) is 42.9 Å². The number of para-hydroxylation sites is 1. The Morgan fingerprint density at radius 3 is 2.56 bits per heavy atom. The summed E-state index contributed by atoms with van der Waals surface area (Å²) in [5.74, 6) is 0.606. The Morgan fingerprint density at radius 2 is 1.92 bits per heavy atom. The maximum absolute atomic E-state index is 11.7. The predicted molar refractivity (Wildman–Crippen MR) is 97.5 cm³/mol. The van der Waals surface area contributed by atoms with Gasteiger partial charge in [-0.25, -0.2) is 9.97 Å². The first-order valence-electron chi connectivity index (χ1n) is 8.39. The SMILES string of the molecule is CCN1CCN(c2ncnc(Nc3ccccc3C)c2[N+](=O)[O-])CC1. The number of rotatable bonds is 5. The van der Waals surface area contributed by atoms with Crippen LogP contribution in [0.3, 0.4) is 0 Å². The molecular weight excluding hydrogens is 320 g/mol. The molecule has 3 rings (SSSR count). The van der Waals surface area contributed by atoms with Crippen molar-refractivity contribution < 1.29 is 4.92 Å². The van der Waals surface area contributed by atoms with E-state index in [1.165, 1.54) is 6.33 Å². The molecule has 2 aromatic rings. The van der Waals surface area contributed by atoms with E-state index in [2.05, 4.69) is 27.1 Å². The lowest BCUT2D eigenvalue weighted by Gasteiger charge is -2.34. The summed E-state index contributed by atoms with van der Waals surface area (Å²) >= 11 is 0. The van der Waals surface area contributed by atoms with Crippen molar-refractivity contribution in [1.29, 1.82) is 0 Å². The van der Waals surface area contributed by atoms with Gasteiger partial charge >= 0.3 is 5.69 Å². The predicted octanol–water partition coefficient (Wildman–Crippen LogP) is 2.58. The third kappa shape index (κ3) is 3.69. The Kier molecular flexibility index (Phi) is 5.08. The number of aryl methyl sites for hydroxylation is 1. The van der Waals surface area contributed by atoms with E-state index in [1.807, 2.05) is 36.1 Å². The minimum absolute atomic E-state index is 0.0734. The van der Waals surface area contributed by atoms with Gasteiger partial charge in [0.1, 0.15) is 6.33 Å². The molecule has 1 fully saturated rings. The summed E-state index contributed by atoms with van der Waals surface area (Å²) in [6.07, 6.45) is 1.38. The number of nitrogens with zero attached hydrogens (tertiary/aromatic N) is 5. The summed E-state index contributed by atoms with van der Waals surface area (Å²) in [4.78, 5) is 23.9. The average molecular weight is 342 g/mol. The van der Waals surface area contributed by atoms with Gasteiger partial charge in [0.2, 0.25) is 11.6 Å². The zero-order valence-electron chi connectivity index (χ0n) is 14.5. The van der Waals surface area contributed by atoms with Gasteiger partial charge in [0.25, 0.3) is 0 Å². The summed E-state index contributed by atoms with van der Waals surface area (Å²) in [5.41, 5.74) is 1.72. The van der Waals surface area contributed by atoms with E-state index >= 15 is 0 Å². The quantitative estimate of drug-likeness (QED) is 0.660. The molecule has 0 bridgehead atoms. The highest BCUT2D eigenvalue weighted by atomic mass is 16.6. The first-order chi connectivity index (χ1) is 12.1. The molecule has 0 spiro atoms. The van der Waals surface area contributed by atoms with Crippen LogP contribution < -0.4 is 10.2 Å². The largest absolute Gasteiger partial charge is 0.353 e. The number of nitro groups is 1. The van der Waals surface area contributed by atoms with E-state index in [1.54, 1.807) is 0 Å². The normalized spacial score (nSPS) is 15.2. The molecule has 1 aromatic carbocycles. The van der Waals surface area contributed by atoms with E-state index < -0.39 is 4.92 Å². The van der Waals surface area contributed by atoms with Gasteiger partial charge in [-0.05, 0) is 25.1 Å². The Bertz CT molecular complexity index is 759. The maximum atomic E-state index is 11.7. The Balaban J connectivity index is 1.92. The van der Waals surface area contributed by atoms with E-state index in [9.17, 15) is 10.1 Å². The van der Waals surface area contributed by atoms with Crippen LogP contribution >= 0.6 is 0 Å². The van der Waals surface area contributed by atoms with Gasteiger partial charge in [-0.3, -0.25) is 10.1 Å². The minimum Gasteiger partial charge on any atom is -0.348 e. The van der Waals surface area contributed by atoms with Gasteiger partial charge in [0.05, 0.1) is 4.92 Å². The molecule has 1 aliphatic rings. The average Bonchev–Trinajstić information content (AvgIpc) is 2.63. The molecule has 1 saturated heterocycles. The fraction of sp³-hybridized carbons (Fsp3) is 0.412. The van der Waals surface area contributed by atoms with Crippen LogP contribution in [-0.2, 0) is 0 Å². The van der Waals surface area contributed by atoms with E-state index in [0.717, 1.165) is 44.0 Å². The second-order valence-corrected chi connectivity index (χ2v) is 6.01. The van der Waals surface area contributed by atoms with E-state index in [-0.39, 0.29) is 11.5 Å². The number of nitrogens with one attached hydrogen (secondary N) is 1. The Morgan fingerprint density at radius 1 is 1.20 bits per heavy atom. The summed E-state index contributed by atoms with van der Waals surface area (Å²) in [6, 6.07) is 7.63. The van der Waals surface area contributed by atoms with Crippen LogP contribution in [0.25, 0.3) is 0 Å². The van der Waals surface area contributed by atoms with Crippen molar-refractivity contribution in [2.45, 2.75) is 13.8 Å². The molecule has 0 unspecified atom stereocenters. The number of hydrogen-bond donors (Lipinski definition) is 1. The van der Waals surface area contributed by atoms with Crippen molar-refractivity contribution in [3.05, 3.63) is 46.3 Å². The van der Waals surface area contributed by atoms with Gasteiger partial charge in [0, 0.05) is 31.9 Å². The molecule has 0 aliphatic carbocycles. The number of anilines is 3. The highest BCUT2D eigenvalue weighted by Crippen LogP contribution is 2.34. The van der Waals surface area contributed by atoms with Crippen molar-refractivity contribution in [1.82, 2.24) is 14.9 Å². The van der Waals surface area contributed by atoms with Gasteiger partial charge in [-0.15, -0.1) is 0 Å². The highest BCUT2D eigenvalue weighted by Gasteiger charge is 2.29. The molecule has 0 atom stereocenters. The van der Waals surface area contributed by atoms with E-state index in [0.29, 0.717) is 5.82 Å². The Hall–Kier alpha value is -2.74. The summed E-state index contributed by atoms with van der Waals surface area (Å²) < 4.78 is 0. The number of hydrogen-bond acceptors (Lipinski definition) is 7. The lowest BCUT2D eigenvalue weighted by molar-refractivity contribution is -0.383. The highest BCUT2D eigenvalue weighted by molar-refractivity contribution is 5.75. The maximum Gasteiger partial charge on any atom is 0.353 e. The van der Waals surface area contributed by atoms with Crippen LogP contribution in [0.2, 0.25) is 0 Å². The van der Waals surface area contributed by atoms with Crippen molar-refractivity contribution in [3.8, 4) is 0 Å². The molecule has 8 nitrogen and oxygen atoms in total. The lowest BCUT2D eigenvalue weighted by Crippen LogP contribution is -2.46. The van der Waals surface area contributed by atoms with Crippen LogP contribution in [0.5, 0.6) is 0 Å². The summed E-state index contributed by atoms with van der Waals surface area (Å²) in [6.45, 7) is 8.23. The molecule has 132 valence electrons. The number of piperazine rings is 1. The zero-order chi connectivity index (χ0) is 17.8. The van der Waals surface area contributed by atoms with Gasteiger partial charge in [0.15, 0.2) is 0 Å². The van der Waals surface area contributed by atoms with Crippen LogP contribution in [0.15, 0.2) is 30.6 Å². The molecule has 0 saturated carbocycles. The molecule has 0 amide bonds. The zero-order valence-corrected chi connectivity index (χ0v) is 14.5. The first-order valence-corrected chi connectivity index (χ1v) is 8.39. The second kappa shape index (κ2) is 7.43. The Labute approximate surface area is 146 Å². The number of likely N-dealkylation sites (N-methyl/N-ethyl adjacent to an activating group) is 1. The third-order valence-corrected chi connectivity index (χ3v) is 4.50. The van der Waals surface area contributed by atoms with E-state index in [4.69, 9.17) is 0 Å². The molecule has 25 heavy (non-hydrogen) atoms. The van der Waals surface area contributed by atoms with Crippen molar-refractivity contribution >= 4 is 23.0 Å². The van der Waals surface area contributed by atoms with Gasteiger partial charge in [-0.2, -0.15) is 0 Å². The van der Waals surface area contributed by atoms with Crippen LogP contribution in [0, 0.1) is 17.0 Å². The molecule has 8 heteroatoms. The minimum atomic E-state index is -0.401. The molecule has 1 aliphatic heterocycles. The molecular formula is C17H22N6O2. The fourth-order valence-corrected chi connectivity index (χ4v) is 2.98. The molecule has 2 heterocycles. The molecule has 1 N–H and O–H groups in total. The van der Waals surface area contributed by atoms with Crippen LogP contribution in [-0.4, -0.2) is 52.5 Å². The fourth-order valence-electron chi connectivity index (χ4n) is 2.98. The topological polar surface area (TPSA) is 87.4 Å². The second-order valence-electron chi connectivity index (χ2n) is 6.01. The summed E-state index contributed by atoms with van der Waals surface area (Å²) in [7, 11) is 0. The first kappa shape index (κ1) is 17.1. The number of aromatic nitrogens is 2. The van der Waals surface area contributed by atoms with Crippen LogP contribution in [0.4, 0.5) is 23.0 Å². The number of benzene rings is 1. The smallest absolute Gasteiger partial charge is 0.348 e. The van der Waals surface area contributed by atoms with Crippen molar-refractivity contribution in [3.63, 3.8) is 0 Å². The van der Waals surface area contributed by atoms with Crippen molar-refractivity contribution in [2.24, 2.45) is 0 Å². The van der Waals surface area contributed by atoms with Crippen LogP contribution in [0.1, 0.15) is 12.5 Å². The lowest BCUT2D eigenvalue weighted by atomic mass is 10.2. The molecule has 1 aromatic heterocycles. The van der Waals surface area contributed by atoms with Gasteiger partial charge in [-0.1, -0.05) is 25.1 Å². The summed E-state index contributed by atoms with van der Waals surface area (Å²) in [5, 5.41) is 14.8. The standard InChI is InChI=1S/C17H22N6O2/c1-3-21-8-10-22(11-9-21)17-15(23(24)25)16(18-12-19-17)20-14-7-5-4-6-13(14)2/h4-7,12H,3,8-11H2,1-2H3,(H,18,19,20). The third-order valence-electron chi connectivity index (χ3n) is 4.50. The van der Waals surface area contributed by atoms with Gasteiger partial charge < -0.3 is 15.1 Å². The monoisotopic (exact) mass is 342 g/mol.